The van der Waals surface area contributed by atoms with Crippen LogP contribution in [0.2, 0.25) is 0 Å². The van der Waals surface area contributed by atoms with Crippen LogP contribution in [0, 0.1) is 3.57 Å². The van der Waals surface area contributed by atoms with Gasteiger partial charge in [-0.3, -0.25) is 10.2 Å². The van der Waals surface area contributed by atoms with E-state index in [4.69, 9.17) is 4.74 Å². The number of ether oxygens (including phenoxy) is 1. The maximum atomic E-state index is 11.9. The van der Waals surface area contributed by atoms with Crippen LogP contribution in [0.4, 0.5) is 0 Å². The molecule has 1 aliphatic rings. The maximum absolute atomic E-state index is 11.9. The van der Waals surface area contributed by atoms with Gasteiger partial charge in [-0.15, -0.1) is 0 Å². The molecule has 0 aromatic heterocycles. The molecule has 1 aliphatic heterocycles. The van der Waals surface area contributed by atoms with E-state index in [1.54, 1.807) is 0 Å². The molecule has 1 aromatic carbocycles. The van der Waals surface area contributed by atoms with Crippen molar-refractivity contribution in [3.63, 3.8) is 0 Å². The second kappa shape index (κ2) is 5.60. The van der Waals surface area contributed by atoms with Gasteiger partial charge in [0.25, 0.3) is 5.91 Å². The lowest BCUT2D eigenvalue weighted by atomic mass is 10.2. The van der Waals surface area contributed by atoms with E-state index in [1.807, 2.05) is 29.3 Å². The molecule has 1 amide bonds. The minimum absolute atomic E-state index is 0.0552. The lowest BCUT2D eigenvalue weighted by Crippen LogP contribution is -2.48. The van der Waals surface area contributed by atoms with Crippen molar-refractivity contribution in [3.05, 3.63) is 33.4 Å². The van der Waals surface area contributed by atoms with Gasteiger partial charge in [0, 0.05) is 22.2 Å². The Morgan fingerprint density at radius 1 is 1.38 bits per heavy atom. The molecular formula is C11H13IN2O2. The van der Waals surface area contributed by atoms with E-state index in [-0.39, 0.29) is 5.91 Å². The Morgan fingerprint density at radius 2 is 2.12 bits per heavy atom. The topological polar surface area (TPSA) is 41.6 Å². The van der Waals surface area contributed by atoms with Gasteiger partial charge >= 0.3 is 0 Å². The first kappa shape index (κ1) is 11.8. The summed E-state index contributed by atoms with van der Waals surface area (Å²) in [6.07, 6.45) is 0. The Labute approximate surface area is 108 Å². The number of rotatable bonds is 2. The highest BCUT2D eigenvalue weighted by atomic mass is 127. The molecule has 1 fully saturated rings. The van der Waals surface area contributed by atoms with E-state index < -0.39 is 0 Å². The van der Waals surface area contributed by atoms with Gasteiger partial charge in [0.1, 0.15) is 0 Å². The number of halogens is 1. The summed E-state index contributed by atoms with van der Waals surface area (Å²) in [5, 5.41) is 1.89. The zero-order chi connectivity index (χ0) is 11.4. The normalized spacial score (nSPS) is 17.1. The first-order valence-corrected chi connectivity index (χ1v) is 6.23. The third-order valence-corrected chi connectivity index (χ3v) is 3.03. The van der Waals surface area contributed by atoms with Crippen LogP contribution in [-0.4, -0.2) is 37.2 Å². The lowest BCUT2D eigenvalue weighted by molar-refractivity contribution is 0.0126. The van der Waals surface area contributed by atoms with Crippen LogP contribution in [0.15, 0.2) is 24.3 Å². The summed E-state index contributed by atoms with van der Waals surface area (Å²) in [7, 11) is 0. The van der Waals surface area contributed by atoms with Crippen molar-refractivity contribution in [2.75, 3.05) is 26.3 Å². The number of nitrogens with one attached hydrogen (secondary N) is 1. The standard InChI is InChI=1S/C11H13IN2O2/c12-10-3-1-2-9(8-10)11(15)13-14-4-6-16-7-5-14/h1-3,8H,4-7H2,(H,13,15). The Balaban J connectivity index is 1.97. The molecular weight excluding hydrogens is 319 g/mol. The molecule has 1 heterocycles. The number of hydrogen-bond acceptors (Lipinski definition) is 3. The summed E-state index contributed by atoms with van der Waals surface area (Å²) < 4.78 is 6.27. The van der Waals surface area contributed by atoms with Gasteiger partial charge in [-0.05, 0) is 40.8 Å². The minimum atomic E-state index is -0.0552. The molecule has 5 heteroatoms. The zero-order valence-corrected chi connectivity index (χ0v) is 10.9. The number of hydrogen-bond donors (Lipinski definition) is 1. The minimum Gasteiger partial charge on any atom is -0.379 e. The molecule has 0 spiro atoms. The first-order chi connectivity index (χ1) is 7.75. The molecule has 0 bridgehead atoms. The fourth-order valence-corrected chi connectivity index (χ4v) is 2.06. The van der Waals surface area contributed by atoms with Crippen molar-refractivity contribution < 1.29 is 9.53 Å². The second-order valence-electron chi connectivity index (χ2n) is 3.55. The van der Waals surface area contributed by atoms with Crippen LogP contribution in [0.1, 0.15) is 10.4 Å². The second-order valence-corrected chi connectivity index (χ2v) is 4.80. The summed E-state index contributed by atoms with van der Waals surface area (Å²) in [5.41, 5.74) is 3.57. The predicted molar refractivity (Wildman–Crippen MR) is 69.0 cm³/mol. The average molecular weight is 332 g/mol. The quantitative estimate of drug-likeness (QED) is 0.830. The van der Waals surface area contributed by atoms with Gasteiger partial charge in [-0.2, -0.15) is 0 Å². The van der Waals surface area contributed by atoms with Crippen molar-refractivity contribution >= 4 is 28.5 Å². The van der Waals surface area contributed by atoms with Crippen molar-refractivity contribution in [3.8, 4) is 0 Å². The van der Waals surface area contributed by atoms with Crippen LogP contribution in [0.25, 0.3) is 0 Å². The molecule has 2 rings (SSSR count). The van der Waals surface area contributed by atoms with E-state index in [0.717, 1.165) is 16.7 Å². The smallest absolute Gasteiger partial charge is 0.265 e. The van der Waals surface area contributed by atoms with Gasteiger partial charge in [0.15, 0.2) is 0 Å². The van der Waals surface area contributed by atoms with E-state index in [2.05, 4.69) is 28.0 Å². The monoisotopic (exact) mass is 332 g/mol. The van der Waals surface area contributed by atoms with E-state index in [0.29, 0.717) is 18.8 Å². The lowest BCUT2D eigenvalue weighted by Gasteiger charge is -2.26. The van der Waals surface area contributed by atoms with Crippen LogP contribution in [0.5, 0.6) is 0 Å². The van der Waals surface area contributed by atoms with Gasteiger partial charge in [-0.25, -0.2) is 5.01 Å². The van der Waals surface area contributed by atoms with Gasteiger partial charge < -0.3 is 4.74 Å². The van der Waals surface area contributed by atoms with Gasteiger partial charge in [0.2, 0.25) is 0 Å². The fourth-order valence-electron chi connectivity index (χ4n) is 1.51. The number of nitrogens with zero attached hydrogens (tertiary/aromatic N) is 1. The summed E-state index contributed by atoms with van der Waals surface area (Å²) >= 11 is 2.20. The van der Waals surface area contributed by atoms with Crippen molar-refractivity contribution in [1.82, 2.24) is 10.4 Å². The molecule has 86 valence electrons. The highest BCUT2D eigenvalue weighted by Gasteiger charge is 2.14. The summed E-state index contributed by atoms with van der Waals surface area (Å²) in [5.74, 6) is -0.0552. The molecule has 0 atom stereocenters. The van der Waals surface area contributed by atoms with Crippen LogP contribution in [-0.2, 0) is 4.74 Å². The highest BCUT2D eigenvalue weighted by Crippen LogP contribution is 2.07. The summed E-state index contributed by atoms with van der Waals surface area (Å²) in [6, 6.07) is 7.54. The molecule has 4 nitrogen and oxygen atoms in total. The molecule has 0 unspecified atom stereocenters. The van der Waals surface area contributed by atoms with Gasteiger partial charge in [-0.1, -0.05) is 6.07 Å². The average Bonchev–Trinajstić information content (AvgIpc) is 2.30. The Morgan fingerprint density at radius 3 is 2.81 bits per heavy atom. The number of morpholine rings is 1. The summed E-state index contributed by atoms with van der Waals surface area (Å²) in [4.78, 5) is 11.9. The Bertz CT molecular complexity index is 378. The largest absolute Gasteiger partial charge is 0.379 e. The number of hydrazine groups is 1. The number of benzene rings is 1. The predicted octanol–water partition coefficient (Wildman–Crippen LogP) is 1.27. The third-order valence-electron chi connectivity index (χ3n) is 2.36. The van der Waals surface area contributed by atoms with Gasteiger partial charge in [0.05, 0.1) is 13.2 Å². The molecule has 16 heavy (non-hydrogen) atoms. The van der Waals surface area contributed by atoms with E-state index in [1.165, 1.54) is 0 Å². The highest BCUT2D eigenvalue weighted by molar-refractivity contribution is 14.1. The van der Waals surface area contributed by atoms with Crippen molar-refractivity contribution in [1.29, 1.82) is 0 Å². The fraction of sp³-hybridized carbons (Fsp3) is 0.364. The first-order valence-electron chi connectivity index (χ1n) is 5.15. The summed E-state index contributed by atoms with van der Waals surface area (Å²) in [6.45, 7) is 2.84. The van der Waals surface area contributed by atoms with Crippen molar-refractivity contribution in [2.24, 2.45) is 0 Å². The molecule has 0 radical (unpaired) electrons. The van der Waals surface area contributed by atoms with E-state index in [9.17, 15) is 4.79 Å². The van der Waals surface area contributed by atoms with Crippen LogP contribution in [0.3, 0.4) is 0 Å². The van der Waals surface area contributed by atoms with E-state index >= 15 is 0 Å². The molecule has 1 saturated heterocycles. The van der Waals surface area contributed by atoms with Crippen LogP contribution < -0.4 is 5.43 Å². The molecule has 0 aliphatic carbocycles. The Hall–Kier alpha value is -0.660. The number of carbonyl (C=O) groups excluding carboxylic acids is 1. The maximum Gasteiger partial charge on any atom is 0.265 e. The Kier molecular flexibility index (Phi) is 4.14. The van der Waals surface area contributed by atoms with Crippen LogP contribution >= 0.6 is 22.6 Å². The molecule has 1 N–H and O–H groups in total. The SMILES string of the molecule is O=C(NN1CCOCC1)c1cccc(I)c1. The third kappa shape index (κ3) is 3.16. The van der Waals surface area contributed by atoms with Crippen molar-refractivity contribution in [2.45, 2.75) is 0 Å². The molecule has 0 saturated carbocycles. The molecule has 1 aromatic rings. The number of amides is 1. The zero-order valence-electron chi connectivity index (χ0n) is 8.78. The number of carbonyl (C=O) groups is 1.